The summed E-state index contributed by atoms with van der Waals surface area (Å²) in [5, 5.41) is 10.3. The van der Waals surface area contributed by atoms with Crippen LogP contribution in [-0.4, -0.2) is 5.11 Å². The SMILES string of the molecule is CC(C)c1cc2c(O)cccc2o1. The number of aromatic hydroxyl groups is 1. The average molecular weight is 176 g/mol. The molecule has 2 heteroatoms. The van der Waals surface area contributed by atoms with Gasteiger partial charge in [0.2, 0.25) is 0 Å². The van der Waals surface area contributed by atoms with Crippen molar-refractivity contribution in [3.05, 3.63) is 30.0 Å². The van der Waals surface area contributed by atoms with E-state index in [9.17, 15) is 5.11 Å². The Kier molecular flexibility index (Phi) is 1.76. The van der Waals surface area contributed by atoms with Gasteiger partial charge in [0.1, 0.15) is 17.1 Å². The highest BCUT2D eigenvalue weighted by Gasteiger charge is 2.08. The lowest BCUT2D eigenvalue weighted by Crippen LogP contribution is -1.79. The van der Waals surface area contributed by atoms with Gasteiger partial charge in [-0.15, -0.1) is 0 Å². The van der Waals surface area contributed by atoms with E-state index >= 15 is 0 Å². The predicted octanol–water partition coefficient (Wildman–Crippen LogP) is 3.26. The highest BCUT2D eigenvalue weighted by molar-refractivity contribution is 5.84. The summed E-state index contributed by atoms with van der Waals surface area (Å²) in [6.45, 7) is 4.13. The Hall–Kier alpha value is -1.44. The lowest BCUT2D eigenvalue weighted by Gasteiger charge is -1.95. The third-order valence-electron chi connectivity index (χ3n) is 2.13. The van der Waals surface area contributed by atoms with E-state index in [2.05, 4.69) is 13.8 Å². The van der Waals surface area contributed by atoms with Crippen LogP contribution in [0.25, 0.3) is 11.0 Å². The first-order valence-electron chi connectivity index (χ1n) is 4.40. The van der Waals surface area contributed by atoms with Crippen molar-refractivity contribution in [2.45, 2.75) is 19.8 Å². The number of phenols is 1. The molecule has 0 fully saturated rings. The standard InChI is InChI=1S/C11H12O2/c1-7(2)11-6-8-9(12)4-3-5-10(8)13-11/h3-7,12H,1-2H3. The molecule has 0 saturated heterocycles. The van der Waals surface area contributed by atoms with E-state index < -0.39 is 0 Å². The first kappa shape index (κ1) is 8.17. The van der Waals surface area contributed by atoms with Gasteiger partial charge >= 0.3 is 0 Å². The van der Waals surface area contributed by atoms with Gasteiger partial charge in [-0.2, -0.15) is 0 Å². The van der Waals surface area contributed by atoms with Crippen LogP contribution in [0.5, 0.6) is 5.75 Å². The Bertz CT molecular complexity index is 427. The van der Waals surface area contributed by atoms with Crippen LogP contribution in [0.4, 0.5) is 0 Å². The molecule has 2 nitrogen and oxygen atoms in total. The molecule has 0 amide bonds. The van der Waals surface area contributed by atoms with E-state index in [1.54, 1.807) is 12.1 Å². The van der Waals surface area contributed by atoms with Gasteiger partial charge in [0, 0.05) is 5.92 Å². The number of rotatable bonds is 1. The summed E-state index contributed by atoms with van der Waals surface area (Å²) in [5.74, 6) is 1.55. The molecular weight excluding hydrogens is 164 g/mol. The zero-order valence-electron chi connectivity index (χ0n) is 7.74. The maximum absolute atomic E-state index is 9.51. The topological polar surface area (TPSA) is 33.4 Å². The van der Waals surface area contributed by atoms with Crippen LogP contribution in [0.3, 0.4) is 0 Å². The van der Waals surface area contributed by atoms with Crippen molar-refractivity contribution in [3.8, 4) is 5.75 Å². The Morgan fingerprint density at radius 3 is 2.69 bits per heavy atom. The molecule has 0 aliphatic rings. The number of hydrogen-bond donors (Lipinski definition) is 1. The van der Waals surface area contributed by atoms with Gasteiger partial charge in [0.05, 0.1) is 5.39 Å². The van der Waals surface area contributed by atoms with E-state index in [4.69, 9.17) is 4.42 Å². The smallest absolute Gasteiger partial charge is 0.138 e. The summed E-state index contributed by atoms with van der Waals surface area (Å²) in [4.78, 5) is 0. The zero-order chi connectivity index (χ0) is 9.42. The molecule has 0 unspecified atom stereocenters. The maximum atomic E-state index is 9.51. The van der Waals surface area contributed by atoms with Gasteiger partial charge in [-0.1, -0.05) is 19.9 Å². The van der Waals surface area contributed by atoms with Crippen LogP contribution in [0.1, 0.15) is 25.5 Å². The fraction of sp³-hybridized carbons (Fsp3) is 0.273. The van der Waals surface area contributed by atoms with Crippen molar-refractivity contribution in [2.24, 2.45) is 0 Å². The molecule has 1 aromatic carbocycles. The highest BCUT2D eigenvalue weighted by Crippen LogP contribution is 2.30. The Labute approximate surface area is 76.8 Å². The number of furan rings is 1. The molecule has 1 heterocycles. The summed E-state index contributed by atoms with van der Waals surface area (Å²) in [7, 11) is 0. The second kappa shape index (κ2) is 2.80. The van der Waals surface area contributed by atoms with Crippen molar-refractivity contribution in [3.63, 3.8) is 0 Å². The van der Waals surface area contributed by atoms with Crippen molar-refractivity contribution in [1.29, 1.82) is 0 Å². The molecule has 0 aliphatic heterocycles. The van der Waals surface area contributed by atoms with E-state index in [1.165, 1.54) is 0 Å². The van der Waals surface area contributed by atoms with Gasteiger partial charge in [-0.3, -0.25) is 0 Å². The van der Waals surface area contributed by atoms with Crippen LogP contribution in [0, 0.1) is 0 Å². The molecule has 0 radical (unpaired) electrons. The van der Waals surface area contributed by atoms with Crippen molar-refractivity contribution in [1.82, 2.24) is 0 Å². The minimum absolute atomic E-state index is 0.285. The molecule has 0 aliphatic carbocycles. The molecule has 68 valence electrons. The van der Waals surface area contributed by atoms with Gasteiger partial charge in [-0.25, -0.2) is 0 Å². The fourth-order valence-electron chi connectivity index (χ4n) is 1.35. The molecule has 0 atom stereocenters. The van der Waals surface area contributed by atoms with Gasteiger partial charge in [0.15, 0.2) is 0 Å². The third kappa shape index (κ3) is 1.28. The van der Waals surface area contributed by atoms with E-state index in [0.29, 0.717) is 5.92 Å². The monoisotopic (exact) mass is 176 g/mol. The minimum Gasteiger partial charge on any atom is -0.507 e. The Morgan fingerprint density at radius 2 is 2.08 bits per heavy atom. The Morgan fingerprint density at radius 1 is 1.31 bits per heavy atom. The molecule has 0 spiro atoms. The number of hydrogen-bond acceptors (Lipinski definition) is 2. The first-order valence-corrected chi connectivity index (χ1v) is 4.40. The summed E-state index contributed by atoms with van der Waals surface area (Å²) in [5.41, 5.74) is 0.753. The van der Waals surface area contributed by atoms with Gasteiger partial charge in [-0.05, 0) is 18.2 Å². The third-order valence-corrected chi connectivity index (χ3v) is 2.13. The second-order valence-corrected chi connectivity index (χ2v) is 3.49. The summed E-state index contributed by atoms with van der Waals surface area (Å²) >= 11 is 0. The molecular formula is C11H12O2. The van der Waals surface area contributed by atoms with E-state index in [1.807, 2.05) is 12.1 Å². The second-order valence-electron chi connectivity index (χ2n) is 3.49. The van der Waals surface area contributed by atoms with Crippen LogP contribution in [0.2, 0.25) is 0 Å². The molecule has 1 aromatic heterocycles. The largest absolute Gasteiger partial charge is 0.507 e. The van der Waals surface area contributed by atoms with Crippen molar-refractivity contribution < 1.29 is 9.52 Å². The minimum atomic E-state index is 0.285. The normalized spacial score (nSPS) is 11.3. The fourth-order valence-corrected chi connectivity index (χ4v) is 1.35. The summed E-state index contributed by atoms with van der Waals surface area (Å²) < 4.78 is 5.55. The molecule has 0 saturated carbocycles. The molecule has 1 N–H and O–H groups in total. The van der Waals surface area contributed by atoms with Crippen molar-refractivity contribution in [2.75, 3.05) is 0 Å². The number of benzene rings is 1. The van der Waals surface area contributed by atoms with Crippen molar-refractivity contribution >= 4 is 11.0 Å². The Balaban J connectivity index is 2.68. The molecule has 13 heavy (non-hydrogen) atoms. The zero-order valence-corrected chi connectivity index (χ0v) is 7.74. The van der Waals surface area contributed by atoms with Crippen LogP contribution in [-0.2, 0) is 0 Å². The molecule has 2 aromatic rings. The summed E-state index contributed by atoms with van der Waals surface area (Å²) in [6, 6.07) is 7.21. The van der Waals surface area contributed by atoms with Gasteiger partial charge in [0.25, 0.3) is 0 Å². The molecule has 2 rings (SSSR count). The summed E-state index contributed by atoms with van der Waals surface area (Å²) in [6.07, 6.45) is 0. The van der Waals surface area contributed by atoms with E-state index in [0.717, 1.165) is 16.7 Å². The maximum Gasteiger partial charge on any atom is 0.138 e. The lowest BCUT2D eigenvalue weighted by atomic mass is 10.1. The quantitative estimate of drug-likeness (QED) is 0.723. The number of phenolic OH excluding ortho intramolecular Hbond substituents is 1. The van der Waals surface area contributed by atoms with Crippen LogP contribution in [0.15, 0.2) is 28.7 Å². The van der Waals surface area contributed by atoms with Gasteiger partial charge < -0.3 is 9.52 Å². The molecule has 0 bridgehead atoms. The van der Waals surface area contributed by atoms with Crippen LogP contribution < -0.4 is 0 Å². The highest BCUT2D eigenvalue weighted by atomic mass is 16.3. The average Bonchev–Trinajstić information content (AvgIpc) is 2.49. The van der Waals surface area contributed by atoms with Crippen LogP contribution >= 0.6 is 0 Å². The lowest BCUT2D eigenvalue weighted by molar-refractivity contribution is 0.481. The first-order chi connectivity index (χ1) is 6.18. The number of fused-ring (bicyclic) bond motifs is 1. The predicted molar refractivity (Wildman–Crippen MR) is 52.0 cm³/mol. The van der Waals surface area contributed by atoms with E-state index in [-0.39, 0.29) is 5.75 Å².